The summed E-state index contributed by atoms with van der Waals surface area (Å²) < 4.78 is 16.2. The zero-order valence-corrected chi connectivity index (χ0v) is 11.5. The number of aromatic nitrogens is 4. The highest BCUT2D eigenvalue weighted by molar-refractivity contribution is 7.80. The minimum Gasteiger partial charge on any atom is -0.389 e. The first-order valence-electron chi connectivity index (χ1n) is 6.03. The molecule has 8 heteroatoms. The molecule has 0 saturated heterocycles. The van der Waals surface area contributed by atoms with E-state index in [9.17, 15) is 9.18 Å². The number of halogens is 1. The van der Waals surface area contributed by atoms with Gasteiger partial charge in [0.2, 0.25) is 0 Å². The molecule has 0 atom stereocenters. The number of hydrogen-bond acceptors (Lipinski definition) is 4. The molecule has 0 aliphatic rings. The fourth-order valence-corrected chi connectivity index (χ4v) is 2.16. The van der Waals surface area contributed by atoms with Crippen LogP contribution in [0, 0.1) is 5.82 Å². The molecule has 0 bridgehead atoms. The third kappa shape index (κ3) is 2.52. The predicted octanol–water partition coefficient (Wildman–Crippen LogP) is 0.713. The molecule has 2 N–H and O–H groups in total. The van der Waals surface area contributed by atoms with Crippen LogP contribution in [0.15, 0.2) is 41.6 Å². The van der Waals surface area contributed by atoms with E-state index in [0.29, 0.717) is 16.8 Å². The molecule has 21 heavy (non-hydrogen) atoms. The predicted molar refractivity (Wildman–Crippen MR) is 78.6 cm³/mol. The molecule has 6 nitrogen and oxygen atoms in total. The van der Waals surface area contributed by atoms with Crippen LogP contribution in [0.3, 0.4) is 0 Å². The summed E-state index contributed by atoms with van der Waals surface area (Å²) in [6.07, 6.45) is 4.49. The number of thiocarbonyl (C=S) groups is 1. The van der Waals surface area contributed by atoms with Crippen molar-refractivity contribution in [2.24, 2.45) is 5.73 Å². The summed E-state index contributed by atoms with van der Waals surface area (Å²) in [5, 5.41) is 4.13. The minimum atomic E-state index is -0.464. The highest BCUT2D eigenvalue weighted by Gasteiger charge is 2.09. The van der Waals surface area contributed by atoms with Gasteiger partial charge in [-0.2, -0.15) is 0 Å². The maximum atomic E-state index is 13.6. The van der Waals surface area contributed by atoms with Gasteiger partial charge in [-0.15, -0.1) is 5.10 Å². The quantitative estimate of drug-likeness (QED) is 0.721. The summed E-state index contributed by atoms with van der Waals surface area (Å²) in [5.41, 5.74) is 6.57. The van der Waals surface area contributed by atoms with Crippen molar-refractivity contribution in [3.8, 4) is 0 Å². The summed E-state index contributed by atoms with van der Waals surface area (Å²) >= 11 is 4.84. The lowest BCUT2D eigenvalue weighted by Crippen LogP contribution is -2.22. The van der Waals surface area contributed by atoms with Gasteiger partial charge in [-0.05, 0) is 23.8 Å². The Kier molecular flexibility index (Phi) is 3.22. The Labute approximate surface area is 123 Å². The van der Waals surface area contributed by atoms with Crippen molar-refractivity contribution in [3.05, 3.63) is 64.2 Å². The number of nitrogens with zero attached hydrogens (tertiary/aromatic N) is 4. The monoisotopic (exact) mass is 303 g/mol. The number of rotatable bonds is 3. The molecule has 3 aromatic rings. The average molecular weight is 303 g/mol. The first kappa shape index (κ1) is 13.4. The van der Waals surface area contributed by atoms with Gasteiger partial charge >= 0.3 is 5.69 Å². The van der Waals surface area contributed by atoms with Crippen LogP contribution >= 0.6 is 12.2 Å². The lowest BCUT2D eigenvalue weighted by molar-refractivity contribution is 0.615. The lowest BCUT2D eigenvalue weighted by atomic mass is 10.1. The van der Waals surface area contributed by atoms with E-state index in [2.05, 4.69) is 10.1 Å². The van der Waals surface area contributed by atoms with E-state index in [-0.39, 0.29) is 17.2 Å². The smallest absolute Gasteiger partial charge is 0.350 e. The van der Waals surface area contributed by atoms with Crippen LogP contribution in [0.4, 0.5) is 4.39 Å². The maximum Gasteiger partial charge on any atom is 0.350 e. The Hall–Kier alpha value is -2.61. The normalized spacial score (nSPS) is 10.9. The Morgan fingerprint density at radius 1 is 1.38 bits per heavy atom. The molecule has 0 amide bonds. The molecule has 0 aliphatic heterocycles. The Balaban J connectivity index is 2.04. The van der Waals surface area contributed by atoms with Crippen LogP contribution in [0.5, 0.6) is 0 Å². The third-order valence-corrected chi connectivity index (χ3v) is 3.20. The van der Waals surface area contributed by atoms with Crippen molar-refractivity contribution in [1.82, 2.24) is 19.2 Å². The third-order valence-electron chi connectivity index (χ3n) is 2.96. The topological polar surface area (TPSA) is 78.2 Å². The van der Waals surface area contributed by atoms with Gasteiger partial charge in [0.25, 0.3) is 0 Å². The first-order chi connectivity index (χ1) is 10.0. The molecule has 2 heterocycles. The number of nitrogens with two attached hydrogens (primary N) is 1. The second-order valence-corrected chi connectivity index (χ2v) is 4.90. The summed E-state index contributed by atoms with van der Waals surface area (Å²) in [7, 11) is 0. The van der Waals surface area contributed by atoms with Crippen molar-refractivity contribution in [1.29, 1.82) is 0 Å². The second-order valence-electron chi connectivity index (χ2n) is 4.46. The van der Waals surface area contributed by atoms with Gasteiger partial charge in [0.1, 0.15) is 10.8 Å². The number of benzene rings is 1. The van der Waals surface area contributed by atoms with Crippen LogP contribution in [-0.4, -0.2) is 24.2 Å². The summed E-state index contributed by atoms with van der Waals surface area (Å²) in [6.45, 7) is 0.119. The molecule has 0 unspecified atom stereocenters. The van der Waals surface area contributed by atoms with Gasteiger partial charge in [0.05, 0.1) is 12.7 Å². The Bertz CT molecular complexity index is 901. The standard InChI is InChI=1S/C13H10FN5OS/c14-10-4-8(3-9(5-10)12(15)21)7-19-13(20)18-2-1-16-6-11(18)17-19/h1-6H,7H2,(H2,15,21). The van der Waals surface area contributed by atoms with Crippen LogP contribution in [-0.2, 0) is 6.54 Å². The molecule has 3 rings (SSSR count). The van der Waals surface area contributed by atoms with Gasteiger partial charge in [-0.3, -0.25) is 4.98 Å². The lowest BCUT2D eigenvalue weighted by Gasteiger charge is -2.04. The van der Waals surface area contributed by atoms with Crippen molar-refractivity contribution in [2.75, 3.05) is 0 Å². The Morgan fingerprint density at radius 2 is 2.19 bits per heavy atom. The van der Waals surface area contributed by atoms with E-state index in [1.165, 1.54) is 39.8 Å². The second kappa shape index (κ2) is 5.06. The molecule has 0 spiro atoms. The molecule has 0 saturated carbocycles. The molecular weight excluding hydrogens is 293 g/mol. The highest BCUT2D eigenvalue weighted by atomic mass is 32.1. The highest BCUT2D eigenvalue weighted by Crippen LogP contribution is 2.10. The molecular formula is C13H10FN5OS. The van der Waals surface area contributed by atoms with E-state index in [1.807, 2.05) is 0 Å². The van der Waals surface area contributed by atoms with Gasteiger partial charge in [0, 0.05) is 18.0 Å². The van der Waals surface area contributed by atoms with Crippen molar-refractivity contribution in [3.63, 3.8) is 0 Å². The fourth-order valence-electron chi connectivity index (χ4n) is 2.04. The van der Waals surface area contributed by atoms with Crippen molar-refractivity contribution in [2.45, 2.75) is 6.54 Å². The van der Waals surface area contributed by atoms with E-state index < -0.39 is 5.82 Å². The van der Waals surface area contributed by atoms with E-state index >= 15 is 0 Å². The first-order valence-corrected chi connectivity index (χ1v) is 6.44. The number of fused-ring (bicyclic) bond motifs is 1. The minimum absolute atomic E-state index is 0.0994. The largest absolute Gasteiger partial charge is 0.389 e. The summed E-state index contributed by atoms with van der Waals surface area (Å²) in [5.74, 6) is -0.464. The van der Waals surface area contributed by atoms with Crippen molar-refractivity contribution >= 4 is 22.9 Å². The maximum absolute atomic E-state index is 13.6. The zero-order valence-electron chi connectivity index (χ0n) is 10.7. The molecule has 0 radical (unpaired) electrons. The number of hydrogen-bond donors (Lipinski definition) is 1. The summed E-state index contributed by atoms with van der Waals surface area (Å²) in [4.78, 5) is 16.1. The van der Waals surface area contributed by atoms with Gasteiger partial charge in [-0.25, -0.2) is 18.3 Å². The van der Waals surface area contributed by atoms with E-state index in [0.717, 1.165) is 0 Å². The van der Waals surface area contributed by atoms with E-state index in [4.69, 9.17) is 18.0 Å². The molecule has 0 fully saturated rings. The van der Waals surface area contributed by atoms with Crippen molar-refractivity contribution < 1.29 is 4.39 Å². The van der Waals surface area contributed by atoms with E-state index in [1.54, 1.807) is 6.07 Å². The fraction of sp³-hybridized carbons (Fsp3) is 0.0769. The SMILES string of the molecule is NC(=S)c1cc(F)cc(Cn2nc3cnccn3c2=O)c1. The van der Waals surface area contributed by atoms with Crippen LogP contribution in [0.2, 0.25) is 0 Å². The van der Waals surface area contributed by atoms with Gasteiger partial charge in [0.15, 0.2) is 5.65 Å². The zero-order chi connectivity index (χ0) is 15.0. The average Bonchev–Trinajstić information content (AvgIpc) is 2.75. The molecule has 0 aliphatic carbocycles. The van der Waals surface area contributed by atoms with Gasteiger partial charge < -0.3 is 5.73 Å². The molecule has 106 valence electrons. The Morgan fingerprint density at radius 3 is 2.90 bits per heavy atom. The molecule has 1 aromatic carbocycles. The van der Waals surface area contributed by atoms with Crippen LogP contribution < -0.4 is 11.4 Å². The summed E-state index contributed by atoms with van der Waals surface area (Å²) in [6, 6.07) is 4.21. The van der Waals surface area contributed by atoms with Crippen LogP contribution in [0.25, 0.3) is 5.65 Å². The van der Waals surface area contributed by atoms with Gasteiger partial charge in [-0.1, -0.05) is 12.2 Å². The molecule has 2 aromatic heterocycles. The van der Waals surface area contributed by atoms with Crippen LogP contribution in [0.1, 0.15) is 11.1 Å².